The molecule has 2 N–H and O–H groups in total. The summed E-state index contributed by atoms with van der Waals surface area (Å²) in [6.07, 6.45) is 0.945. The summed E-state index contributed by atoms with van der Waals surface area (Å²) >= 11 is 2.73. The zero-order chi connectivity index (χ0) is 24.1. The zero-order valence-electron chi connectivity index (χ0n) is 17.3. The maximum absolute atomic E-state index is 14.3. The summed E-state index contributed by atoms with van der Waals surface area (Å²) in [6, 6.07) is 4.51. The molecule has 1 saturated heterocycles. The van der Waals surface area contributed by atoms with E-state index in [9.17, 15) is 32.3 Å². The number of benzene rings is 2. The lowest BCUT2D eigenvalue weighted by Gasteiger charge is -2.46. The summed E-state index contributed by atoms with van der Waals surface area (Å²) < 4.78 is 55.2. The Kier molecular flexibility index (Phi) is 5.95. The lowest BCUT2D eigenvalue weighted by molar-refractivity contribution is -0.160. The van der Waals surface area contributed by atoms with E-state index in [2.05, 4.69) is 21.2 Å². The van der Waals surface area contributed by atoms with Gasteiger partial charge < -0.3 is 10.4 Å². The molecule has 0 aromatic heterocycles. The third-order valence-electron chi connectivity index (χ3n) is 5.89. The van der Waals surface area contributed by atoms with Crippen LogP contribution >= 0.6 is 15.9 Å². The van der Waals surface area contributed by atoms with E-state index in [1.807, 2.05) is 0 Å². The molecule has 1 fully saturated rings. The van der Waals surface area contributed by atoms with Crippen molar-refractivity contribution in [3.8, 4) is 0 Å². The van der Waals surface area contributed by atoms with Gasteiger partial charge in [-0.15, -0.1) is 0 Å². The number of aliphatic hydroxyl groups excluding tert-OH is 1. The van der Waals surface area contributed by atoms with Crippen molar-refractivity contribution in [1.29, 1.82) is 0 Å². The smallest absolute Gasteiger partial charge is 0.277 e. The van der Waals surface area contributed by atoms with E-state index in [1.165, 1.54) is 5.01 Å². The van der Waals surface area contributed by atoms with E-state index in [4.69, 9.17) is 0 Å². The van der Waals surface area contributed by atoms with Crippen LogP contribution in [0.2, 0.25) is 0 Å². The summed E-state index contributed by atoms with van der Waals surface area (Å²) in [4.78, 5) is 26.2. The highest BCUT2D eigenvalue weighted by Crippen LogP contribution is 2.42. The number of hydrazine groups is 1. The molecule has 0 bridgehead atoms. The Morgan fingerprint density at radius 1 is 1.15 bits per heavy atom. The molecule has 2 aromatic rings. The van der Waals surface area contributed by atoms with Gasteiger partial charge in [0.2, 0.25) is 0 Å². The van der Waals surface area contributed by atoms with Crippen LogP contribution in [0.3, 0.4) is 0 Å². The van der Waals surface area contributed by atoms with Crippen molar-refractivity contribution in [3.05, 3.63) is 75.0 Å². The Morgan fingerprint density at radius 2 is 1.82 bits per heavy atom. The second kappa shape index (κ2) is 8.45. The van der Waals surface area contributed by atoms with Gasteiger partial charge in [0, 0.05) is 17.8 Å². The van der Waals surface area contributed by atoms with Crippen molar-refractivity contribution < 1.29 is 32.3 Å². The summed E-state index contributed by atoms with van der Waals surface area (Å²) in [5.74, 6) is -5.93. The fourth-order valence-corrected chi connectivity index (χ4v) is 4.42. The number of nitrogens with one attached hydrogen (secondary N) is 1. The normalized spacial score (nSPS) is 20.9. The maximum Gasteiger partial charge on any atom is 0.277 e. The molecular weight excluding hydrogens is 510 g/mol. The van der Waals surface area contributed by atoms with Gasteiger partial charge in [-0.05, 0) is 66.0 Å². The van der Waals surface area contributed by atoms with Crippen LogP contribution in [0.25, 0.3) is 0 Å². The van der Waals surface area contributed by atoms with Crippen LogP contribution in [0.4, 0.5) is 23.2 Å². The average molecular weight is 528 g/mol. The lowest BCUT2D eigenvalue weighted by Crippen LogP contribution is -2.60. The van der Waals surface area contributed by atoms with Crippen molar-refractivity contribution in [1.82, 2.24) is 10.0 Å². The maximum atomic E-state index is 14.3. The van der Waals surface area contributed by atoms with Crippen LogP contribution in [-0.4, -0.2) is 39.0 Å². The first-order chi connectivity index (χ1) is 15.5. The molecule has 2 amide bonds. The largest absolute Gasteiger partial charge is 0.509 e. The molecular formula is C22H18BrF4N3O3. The predicted octanol–water partition coefficient (Wildman–Crippen LogP) is 4.57. The van der Waals surface area contributed by atoms with Crippen LogP contribution in [0.1, 0.15) is 25.3 Å². The van der Waals surface area contributed by atoms with Crippen molar-refractivity contribution in [2.24, 2.45) is 0 Å². The first-order valence-corrected chi connectivity index (χ1v) is 10.7. The second-order valence-electron chi connectivity index (χ2n) is 8.03. The average Bonchev–Trinajstić information content (AvgIpc) is 3.15. The Bertz CT molecular complexity index is 1180. The van der Waals surface area contributed by atoms with Gasteiger partial charge in [0.05, 0.1) is 16.6 Å². The van der Waals surface area contributed by atoms with Crippen LogP contribution < -0.4 is 5.32 Å². The number of anilines is 1. The number of halogens is 5. The summed E-state index contributed by atoms with van der Waals surface area (Å²) in [5, 5.41) is 15.7. The van der Waals surface area contributed by atoms with E-state index < -0.39 is 56.4 Å². The topological polar surface area (TPSA) is 72.9 Å². The quantitative estimate of drug-likeness (QED) is 0.347. The number of rotatable bonds is 4. The first kappa shape index (κ1) is 23.2. The Morgan fingerprint density at radius 3 is 2.48 bits per heavy atom. The standard InChI is InChI=1S/C22H18BrF4N3O3/c1-22-5-2-6-30(22)29(10-11-7-12(24)3-4-14(11)25)21(33)17(19(22)31)20(32)28-13-8-15(26)18(23)16(27)9-13/h3-4,7-9,31H,2,5-6,10H2,1H3,(H,28,32)/t22-/m1/s1. The van der Waals surface area contributed by atoms with Gasteiger partial charge in [-0.1, -0.05) is 0 Å². The molecule has 33 heavy (non-hydrogen) atoms. The van der Waals surface area contributed by atoms with E-state index in [1.54, 1.807) is 6.92 Å². The molecule has 0 aliphatic carbocycles. The monoisotopic (exact) mass is 527 g/mol. The third kappa shape index (κ3) is 3.99. The number of hydrogen-bond acceptors (Lipinski definition) is 4. The molecule has 4 rings (SSSR count). The zero-order valence-corrected chi connectivity index (χ0v) is 18.8. The highest BCUT2D eigenvalue weighted by molar-refractivity contribution is 9.10. The van der Waals surface area contributed by atoms with Crippen LogP contribution in [0.5, 0.6) is 0 Å². The van der Waals surface area contributed by atoms with Crippen molar-refractivity contribution in [2.45, 2.75) is 31.8 Å². The molecule has 0 saturated carbocycles. The lowest BCUT2D eigenvalue weighted by atomic mass is 9.90. The number of carbonyl (C=O) groups is 2. The van der Waals surface area contributed by atoms with Gasteiger partial charge in [-0.25, -0.2) is 22.6 Å². The van der Waals surface area contributed by atoms with E-state index in [0.717, 1.165) is 35.3 Å². The van der Waals surface area contributed by atoms with Crippen molar-refractivity contribution in [3.63, 3.8) is 0 Å². The van der Waals surface area contributed by atoms with Crippen LogP contribution in [0.15, 0.2) is 46.1 Å². The summed E-state index contributed by atoms with van der Waals surface area (Å²) in [6.45, 7) is 1.56. The fourth-order valence-electron chi connectivity index (χ4n) is 4.19. The van der Waals surface area contributed by atoms with Gasteiger partial charge in [0.1, 0.15) is 34.6 Å². The third-order valence-corrected chi connectivity index (χ3v) is 6.64. The van der Waals surface area contributed by atoms with Gasteiger partial charge in [0.15, 0.2) is 0 Å². The molecule has 0 radical (unpaired) electrons. The number of carbonyl (C=O) groups excluding carboxylic acids is 2. The fraction of sp³-hybridized carbons (Fsp3) is 0.273. The Labute approximate surface area is 194 Å². The molecule has 174 valence electrons. The van der Waals surface area contributed by atoms with Crippen molar-refractivity contribution >= 4 is 33.4 Å². The molecule has 1 atom stereocenters. The molecule has 6 nitrogen and oxygen atoms in total. The summed E-state index contributed by atoms with van der Waals surface area (Å²) in [7, 11) is 0. The van der Waals surface area contributed by atoms with E-state index in [-0.39, 0.29) is 17.8 Å². The second-order valence-corrected chi connectivity index (χ2v) is 8.82. The van der Waals surface area contributed by atoms with Gasteiger partial charge in [-0.2, -0.15) is 0 Å². The molecule has 2 aromatic carbocycles. The molecule has 0 unspecified atom stereocenters. The first-order valence-electron chi connectivity index (χ1n) is 9.96. The SMILES string of the molecule is C[C@]12CCCN1N(Cc1cc(F)ccc1F)C(=O)C(C(=O)Nc1cc(F)c(Br)c(F)c1)=C2O. The molecule has 11 heteroatoms. The Balaban J connectivity index is 1.72. The van der Waals surface area contributed by atoms with Gasteiger partial charge in [0.25, 0.3) is 11.8 Å². The van der Waals surface area contributed by atoms with E-state index >= 15 is 0 Å². The summed E-state index contributed by atoms with van der Waals surface area (Å²) in [5.41, 5.74) is -2.18. The molecule has 2 aliphatic rings. The minimum absolute atomic E-state index is 0.115. The molecule has 2 heterocycles. The number of aliphatic hydroxyl groups is 1. The number of hydrogen-bond donors (Lipinski definition) is 2. The number of amides is 2. The highest BCUT2D eigenvalue weighted by atomic mass is 79.9. The van der Waals surface area contributed by atoms with Crippen LogP contribution in [-0.2, 0) is 16.1 Å². The predicted molar refractivity (Wildman–Crippen MR) is 114 cm³/mol. The highest BCUT2D eigenvalue weighted by Gasteiger charge is 2.52. The molecule has 2 aliphatic heterocycles. The number of fused-ring (bicyclic) bond motifs is 1. The van der Waals surface area contributed by atoms with Gasteiger partial charge >= 0.3 is 0 Å². The Hall–Kier alpha value is -2.92. The van der Waals surface area contributed by atoms with E-state index in [0.29, 0.717) is 19.4 Å². The minimum Gasteiger partial charge on any atom is -0.509 e. The molecule has 0 spiro atoms. The number of nitrogens with zero attached hydrogens (tertiary/aromatic N) is 2. The van der Waals surface area contributed by atoms with Crippen molar-refractivity contribution in [2.75, 3.05) is 11.9 Å². The van der Waals surface area contributed by atoms with Gasteiger partial charge in [-0.3, -0.25) is 14.6 Å². The minimum atomic E-state index is -1.15. The van der Waals surface area contributed by atoms with Crippen LogP contribution in [0, 0.1) is 23.3 Å².